The minimum absolute atomic E-state index is 0.0893. The Balaban J connectivity index is 2.40. The maximum absolute atomic E-state index is 11.7. The quantitative estimate of drug-likeness (QED) is 0.717. The van der Waals surface area contributed by atoms with Crippen LogP contribution in [0.5, 0.6) is 0 Å². The number of nitrogens with zero attached hydrogens (tertiary/aromatic N) is 1. The van der Waals surface area contributed by atoms with E-state index >= 15 is 0 Å². The van der Waals surface area contributed by atoms with E-state index in [4.69, 9.17) is 0 Å². The zero-order valence-electron chi connectivity index (χ0n) is 10.6. The second-order valence-corrected chi connectivity index (χ2v) is 6.53. The number of amides is 1. The average molecular weight is 262 g/mol. The molecule has 1 heterocycles. The van der Waals surface area contributed by atoms with Crippen LogP contribution in [0.3, 0.4) is 0 Å². The highest BCUT2D eigenvalue weighted by molar-refractivity contribution is 7.89. The average Bonchev–Trinajstić information content (AvgIpc) is 2.23. The number of unbranched alkanes of at least 4 members (excludes halogenated alkanes) is 2. The third kappa shape index (κ3) is 5.04. The third-order valence-corrected chi connectivity index (χ3v) is 4.51. The molecular weight excluding hydrogens is 240 g/mol. The zero-order valence-corrected chi connectivity index (χ0v) is 11.4. The minimum atomic E-state index is -3.18. The molecule has 1 N–H and O–H groups in total. The number of carbonyl (C=O) groups excluding carboxylic acids is 1. The Morgan fingerprint density at radius 3 is 2.71 bits per heavy atom. The first kappa shape index (κ1) is 14.4. The van der Waals surface area contributed by atoms with Crippen molar-refractivity contribution in [3.05, 3.63) is 0 Å². The first-order chi connectivity index (χ1) is 7.94. The second kappa shape index (κ2) is 6.35. The van der Waals surface area contributed by atoms with E-state index in [1.54, 1.807) is 11.9 Å². The van der Waals surface area contributed by atoms with E-state index in [9.17, 15) is 13.2 Å². The Morgan fingerprint density at radius 1 is 1.41 bits per heavy atom. The SMILES string of the molecule is CCCCCS(=O)(=O)NC1CCC(=O)N(C)C1. The maximum atomic E-state index is 11.7. The van der Waals surface area contributed by atoms with Gasteiger partial charge in [0.1, 0.15) is 0 Å². The molecule has 1 rings (SSSR count). The number of hydrogen-bond acceptors (Lipinski definition) is 3. The molecule has 0 aliphatic carbocycles. The van der Waals surface area contributed by atoms with E-state index in [0.29, 0.717) is 25.8 Å². The van der Waals surface area contributed by atoms with Crippen molar-refractivity contribution in [3.63, 3.8) is 0 Å². The molecule has 1 aliphatic heterocycles. The fourth-order valence-corrected chi connectivity index (χ4v) is 3.37. The van der Waals surface area contributed by atoms with Crippen LogP contribution >= 0.6 is 0 Å². The lowest BCUT2D eigenvalue weighted by atomic mass is 10.1. The fraction of sp³-hybridized carbons (Fsp3) is 0.909. The van der Waals surface area contributed by atoms with Crippen molar-refractivity contribution in [3.8, 4) is 0 Å². The molecule has 1 saturated heterocycles. The van der Waals surface area contributed by atoms with Gasteiger partial charge in [-0.1, -0.05) is 19.8 Å². The summed E-state index contributed by atoms with van der Waals surface area (Å²) in [4.78, 5) is 12.9. The van der Waals surface area contributed by atoms with Crippen LogP contribution in [0.15, 0.2) is 0 Å². The maximum Gasteiger partial charge on any atom is 0.222 e. The lowest BCUT2D eigenvalue weighted by Crippen LogP contribution is -2.48. The number of hydrogen-bond donors (Lipinski definition) is 1. The summed E-state index contributed by atoms with van der Waals surface area (Å²) in [5, 5.41) is 0. The van der Waals surface area contributed by atoms with Crippen LogP contribution in [0.2, 0.25) is 0 Å². The lowest BCUT2D eigenvalue weighted by Gasteiger charge is -2.29. The van der Waals surface area contributed by atoms with Crippen molar-refractivity contribution in [2.75, 3.05) is 19.3 Å². The molecule has 1 fully saturated rings. The molecule has 0 radical (unpaired) electrons. The Labute approximate surface area is 104 Å². The summed E-state index contributed by atoms with van der Waals surface area (Å²) in [6, 6.07) is -0.121. The standard InChI is InChI=1S/C11H22N2O3S/c1-3-4-5-8-17(15,16)12-10-6-7-11(14)13(2)9-10/h10,12H,3-9H2,1-2H3. The smallest absolute Gasteiger partial charge is 0.222 e. The molecule has 0 aromatic carbocycles. The Bertz CT molecular complexity index is 354. The van der Waals surface area contributed by atoms with Gasteiger partial charge in [0.25, 0.3) is 0 Å². The van der Waals surface area contributed by atoms with Gasteiger partial charge in [-0.05, 0) is 12.8 Å². The number of rotatable bonds is 6. The van der Waals surface area contributed by atoms with Crippen molar-refractivity contribution < 1.29 is 13.2 Å². The second-order valence-electron chi connectivity index (χ2n) is 4.65. The van der Waals surface area contributed by atoms with Crippen molar-refractivity contribution >= 4 is 15.9 Å². The molecule has 6 heteroatoms. The van der Waals surface area contributed by atoms with E-state index in [1.807, 2.05) is 6.92 Å². The van der Waals surface area contributed by atoms with Gasteiger partial charge in [0.2, 0.25) is 15.9 Å². The predicted molar refractivity (Wildman–Crippen MR) is 67.1 cm³/mol. The zero-order chi connectivity index (χ0) is 12.9. The first-order valence-electron chi connectivity index (χ1n) is 6.18. The van der Waals surface area contributed by atoms with Gasteiger partial charge in [0.15, 0.2) is 0 Å². The van der Waals surface area contributed by atoms with Crippen LogP contribution in [0.1, 0.15) is 39.0 Å². The van der Waals surface area contributed by atoms with E-state index < -0.39 is 10.0 Å². The van der Waals surface area contributed by atoms with E-state index in [1.165, 1.54) is 0 Å². The van der Waals surface area contributed by atoms with Crippen LogP contribution in [0.25, 0.3) is 0 Å². The number of nitrogens with one attached hydrogen (secondary N) is 1. The summed E-state index contributed by atoms with van der Waals surface area (Å²) < 4.78 is 26.2. The highest BCUT2D eigenvalue weighted by atomic mass is 32.2. The third-order valence-electron chi connectivity index (χ3n) is 2.99. The van der Waals surface area contributed by atoms with Gasteiger partial charge in [0, 0.05) is 26.1 Å². The molecule has 1 atom stereocenters. The summed E-state index contributed by atoms with van der Waals surface area (Å²) in [5.41, 5.74) is 0. The molecule has 17 heavy (non-hydrogen) atoms. The van der Waals surface area contributed by atoms with Gasteiger partial charge in [-0.2, -0.15) is 0 Å². The van der Waals surface area contributed by atoms with Crippen molar-refractivity contribution in [2.24, 2.45) is 0 Å². The predicted octanol–water partition coefficient (Wildman–Crippen LogP) is 0.717. The molecular formula is C11H22N2O3S. The number of likely N-dealkylation sites (tertiary alicyclic amines) is 1. The van der Waals surface area contributed by atoms with E-state index in [2.05, 4.69) is 4.72 Å². The number of likely N-dealkylation sites (N-methyl/N-ethyl adjacent to an activating group) is 1. The molecule has 5 nitrogen and oxygen atoms in total. The largest absolute Gasteiger partial charge is 0.344 e. The van der Waals surface area contributed by atoms with Gasteiger partial charge >= 0.3 is 0 Å². The molecule has 0 spiro atoms. The highest BCUT2D eigenvalue weighted by Crippen LogP contribution is 2.11. The van der Waals surface area contributed by atoms with Crippen LogP contribution in [-0.4, -0.2) is 44.6 Å². The van der Waals surface area contributed by atoms with Crippen molar-refractivity contribution in [1.29, 1.82) is 0 Å². The monoisotopic (exact) mass is 262 g/mol. The molecule has 1 aliphatic rings. The number of sulfonamides is 1. The summed E-state index contributed by atoms with van der Waals surface area (Å²) in [7, 11) is -1.47. The molecule has 1 unspecified atom stereocenters. The van der Waals surface area contributed by atoms with Crippen LogP contribution in [-0.2, 0) is 14.8 Å². The molecule has 0 aromatic rings. The first-order valence-corrected chi connectivity index (χ1v) is 7.84. The summed E-state index contributed by atoms with van der Waals surface area (Å²) in [6.45, 7) is 2.52. The number of piperidine rings is 1. The van der Waals surface area contributed by atoms with Gasteiger partial charge in [-0.15, -0.1) is 0 Å². The topological polar surface area (TPSA) is 66.5 Å². The lowest BCUT2D eigenvalue weighted by molar-refractivity contribution is -0.132. The van der Waals surface area contributed by atoms with Gasteiger partial charge in [-0.25, -0.2) is 13.1 Å². The van der Waals surface area contributed by atoms with Crippen LogP contribution < -0.4 is 4.72 Å². The van der Waals surface area contributed by atoms with Crippen molar-refractivity contribution in [2.45, 2.75) is 45.1 Å². The van der Waals surface area contributed by atoms with Gasteiger partial charge in [0.05, 0.1) is 5.75 Å². The Hall–Kier alpha value is -0.620. The van der Waals surface area contributed by atoms with Crippen LogP contribution in [0, 0.1) is 0 Å². The van der Waals surface area contributed by atoms with Crippen molar-refractivity contribution in [1.82, 2.24) is 9.62 Å². The minimum Gasteiger partial charge on any atom is -0.344 e. The molecule has 0 aromatic heterocycles. The number of carbonyl (C=O) groups is 1. The fourth-order valence-electron chi connectivity index (χ4n) is 1.96. The summed E-state index contributed by atoms with van der Waals surface area (Å²) >= 11 is 0. The van der Waals surface area contributed by atoms with Crippen LogP contribution in [0.4, 0.5) is 0 Å². The normalized spacial score (nSPS) is 21.9. The molecule has 100 valence electrons. The van der Waals surface area contributed by atoms with Gasteiger partial charge < -0.3 is 4.90 Å². The molecule has 0 saturated carbocycles. The molecule has 1 amide bonds. The Morgan fingerprint density at radius 2 is 2.12 bits per heavy atom. The summed E-state index contributed by atoms with van der Waals surface area (Å²) in [5.74, 6) is 0.279. The molecule has 0 bridgehead atoms. The highest BCUT2D eigenvalue weighted by Gasteiger charge is 2.25. The summed E-state index contributed by atoms with van der Waals surface area (Å²) in [6.07, 6.45) is 3.68. The van der Waals surface area contributed by atoms with E-state index in [-0.39, 0.29) is 17.7 Å². The Kier molecular flexibility index (Phi) is 5.39. The van der Waals surface area contributed by atoms with Gasteiger partial charge in [-0.3, -0.25) is 4.79 Å². The van der Waals surface area contributed by atoms with E-state index in [0.717, 1.165) is 12.8 Å².